The minimum Gasteiger partial charge on any atom is -0.378 e. The molecule has 0 spiro atoms. The minimum absolute atomic E-state index is 0.386. The lowest BCUT2D eigenvalue weighted by molar-refractivity contribution is 0.1000. The Morgan fingerprint density at radius 3 is 2.14 bits per heavy atom. The van der Waals surface area contributed by atoms with Crippen molar-refractivity contribution in [3.63, 3.8) is 0 Å². The van der Waals surface area contributed by atoms with Gasteiger partial charge in [0, 0.05) is 38.4 Å². The van der Waals surface area contributed by atoms with Crippen LogP contribution in [0.25, 0.3) is 0 Å². The van der Waals surface area contributed by atoms with Crippen molar-refractivity contribution in [2.45, 2.75) is 13.1 Å². The highest BCUT2D eigenvalue weighted by Crippen LogP contribution is 2.16. The van der Waals surface area contributed by atoms with E-state index in [2.05, 4.69) is 41.1 Å². The van der Waals surface area contributed by atoms with E-state index in [-0.39, 0.29) is 5.91 Å². The first-order valence-corrected chi connectivity index (χ1v) is 7.29. The molecule has 0 fully saturated rings. The van der Waals surface area contributed by atoms with Crippen molar-refractivity contribution >= 4 is 11.6 Å². The van der Waals surface area contributed by atoms with E-state index in [1.165, 1.54) is 11.3 Å². The maximum Gasteiger partial charge on any atom is 0.248 e. The molecule has 0 bridgehead atoms. The Morgan fingerprint density at radius 1 is 0.955 bits per heavy atom. The predicted octanol–water partition coefficient (Wildman–Crippen LogP) is 2.48. The zero-order valence-electron chi connectivity index (χ0n) is 13.4. The molecule has 116 valence electrons. The summed E-state index contributed by atoms with van der Waals surface area (Å²) in [5, 5.41) is 0. The van der Waals surface area contributed by atoms with Crippen LogP contribution in [0, 0.1) is 0 Å². The van der Waals surface area contributed by atoms with Gasteiger partial charge in [-0.1, -0.05) is 24.3 Å². The monoisotopic (exact) mass is 297 g/mol. The smallest absolute Gasteiger partial charge is 0.248 e. The van der Waals surface area contributed by atoms with E-state index in [0.29, 0.717) is 5.56 Å². The number of amides is 1. The molecule has 0 unspecified atom stereocenters. The number of hydrogen-bond acceptors (Lipinski definition) is 3. The standard InChI is InChI=1S/C18H23N3O/c1-20(2)17-9-5-7-15(11-17)13-21(3)12-14-6-4-8-16(10-14)18(19)22/h4-11H,12-13H2,1-3H3,(H2,19,22). The van der Waals surface area contributed by atoms with Gasteiger partial charge in [0.25, 0.3) is 0 Å². The van der Waals surface area contributed by atoms with E-state index >= 15 is 0 Å². The Labute approximate surface area is 132 Å². The highest BCUT2D eigenvalue weighted by molar-refractivity contribution is 5.92. The van der Waals surface area contributed by atoms with Crippen LogP contribution >= 0.6 is 0 Å². The lowest BCUT2D eigenvalue weighted by Gasteiger charge is -2.19. The summed E-state index contributed by atoms with van der Waals surface area (Å²) in [6.07, 6.45) is 0. The van der Waals surface area contributed by atoms with Gasteiger partial charge in [-0.25, -0.2) is 0 Å². The normalized spacial score (nSPS) is 10.7. The van der Waals surface area contributed by atoms with Crippen molar-refractivity contribution in [2.75, 3.05) is 26.0 Å². The molecule has 0 heterocycles. The third-order valence-corrected chi connectivity index (χ3v) is 3.54. The molecule has 0 saturated carbocycles. The van der Waals surface area contributed by atoms with E-state index in [0.717, 1.165) is 18.7 Å². The topological polar surface area (TPSA) is 49.6 Å². The molecule has 0 aliphatic heterocycles. The summed E-state index contributed by atoms with van der Waals surface area (Å²) in [6.45, 7) is 1.62. The maximum atomic E-state index is 11.2. The number of carbonyl (C=O) groups is 1. The van der Waals surface area contributed by atoms with Gasteiger partial charge in [-0.2, -0.15) is 0 Å². The maximum absolute atomic E-state index is 11.2. The van der Waals surface area contributed by atoms with Gasteiger partial charge in [-0.05, 0) is 42.4 Å². The molecule has 0 aromatic heterocycles. The molecule has 0 aliphatic carbocycles. The third-order valence-electron chi connectivity index (χ3n) is 3.54. The fourth-order valence-electron chi connectivity index (χ4n) is 2.44. The highest BCUT2D eigenvalue weighted by Gasteiger charge is 2.06. The molecule has 1 amide bonds. The predicted molar refractivity (Wildman–Crippen MR) is 90.9 cm³/mol. The second-order valence-electron chi connectivity index (χ2n) is 5.80. The molecule has 2 aromatic rings. The molecular formula is C18H23N3O. The Bertz CT molecular complexity index is 652. The number of nitrogens with zero attached hydrogens (tertiary/aromatic N) is 2. The van der Waals surface area contributed by atoms with Gasteiger partial charge in [0.1, 0.15) is 0 Å². The second kappa shape index (κ2) is 7.09. The zero-order chi connectivity index (χ0) is 16.1. The van der Waals surface area contributed by atoms with Crippen molar-refractivity contribution in [1.82, 2.24) is 4.90 Å². The summed E-state index contributed by atoms with van der Waals surface area (Å²) in [7, 11) is 6.15. The average Bonchev–Trinajstić information content (AvgIpc) is 2.47. The van der Waals surface area contributed by atoms with Crippen molar-refractivity contribution in [2.24, 2.45) is 5.73 Å². The second-order valence-corrected chi connectivity index (χ2v) is 5.80. The Balaban J connectivity index is 2.04. The van der Waals surface area contributed by atoms with Gasteiger partial charge in [-0.15, -0.1) is 0 Å². The summed E-state index contributed by atoms with van der Waals surface area (Å²) in [4.78, 5) is 15.5. The van der Waals surface area contributed by atoms with E-state index in [9.17, 15) is 4.79 Å². The fourth-order valence-corrected chi connectivity index (χ4v) is 2.44. The van der Waals surface area contributed by atoms with Crippen LogP contribution < -0.4 is 10.6 Å². The molecule has 0 aliphatic rings. The molecule has 0 atom stereocenters. The summed E-state index contributed by atoms with van der Waals surface area (Å²) in [6, 6.07) is 16.0. The molecule has 4 heteroatoms. The molecule has 22 heavy (non-hydrogen) atoms. The fraction of sp³-hybridized carbons (Fsp3) is 0.278. The molecule has 2 N–H and O–H groups in total. The summed E-state index contributed by atoms with van der Waals surface area (Å²) >= 11 is 0. The quantitative estimate of drug-likeness (QED) is 0.891. The van der Waals surface area contributed by atoms with Crippen LogP contribution in [0.15, 0.2) is 48.5 Å². The first-order chi connectivity index (χ1) is 10.5. The summed E-state index contributed by atoms with van der Waals surface area (Å²) in [5.74, 6) is -0.386. The largest absolute Gasteiger partial charge is 0.378 e. The first kappa shape index (κ1) is 16.0. The van der Waals surface area contributed by atoms with Gasteiger partial charge in [-0.3, -0.25) is 9.69 Å². The number of primary amides is 1. The number of carbonyl (C=O) groups excluding carboxylic acids is 1. The minimum atomic E-state index is -0.386. The molecular weight excluding hydrogens is 274 g/mol. The van der Waals surface area contributed by atoms with E-state index in [4.69, 9.17) is 5.73 Å². The first-order valence-electron chi connectivity index (χ1n) is 7.29. The van der Waals surface area contributed by atoms with Crippen LogP contribution in [0.1, 0.15) is 21.5 Å². The van der Waals surface area contributed by atoms with Gasteiger partial charge in [0.2, 0.25) is 5.91 Å². The lowest BCUT2D eigenvalue weighted by atomic mass is 10.1. The molecule has 0 radical (unpaired) electrons. The SMILES string of the molecule is CN(Cc1cccc(C(N)=O)c1)Cc1cccc(N(C)C)c1. The van der Waals surface area contributed by atoms with Crippen LogP contribution in [0.4, 0.5) is 5.69 Å². The number of hydrogen-bond donors (Lipinski definition) is 1. The van der Waals surface area contributed by atoms with Gasteiger partial charge >= 0.3 is 0 Å². The van der Waals surface area contributed by atoms with Crippen molar-refractivity contribution in [3.8, 4) is 0 Å². The third kappa shape index (κ3) is 4.33. The molecule has 4 nitrogen and oxygen atoms in total. The molecule has 2 aromatic carbocycles. The van der Waals surface area contributed by atoms with Crippen LogP contribution in [-0.2, 0) is 13.1 Å². The Morgan fingerprint density at radius 2 is 1.55 bits per heavy atom. The average molecular weight is 297 g/mol. The van der Waals surface area contributed by atoms with Crippen LogP contribution in [0.3, 0.4) is 0 Å². The van der Waals surface area contributed by atoms with Gasteiger partial charge in [0.05, 0.1) is 0 Å². The van der Waals surface area contributed by atoms with Crippen LogP contribution in [0.5, 0.6) is 0 Å². The van der Waals surface area contributed by atoms with Crippen LogP contribution in [0.2, 0.25) is 0 Å². The Kier molecular flexibility index (Phi) is 5.17. The van der Waals surface area contributed by atoms with E-state index in [1.807, 2.05) is 32.3 Å². The van der Waals surface area contributed by atoms with E-state index in [1.54, 1.807) is 6.07 Å². The summed E-state index contributed by atoms with van der Waals surface area (Å²) in [5.41, 5.74) is 9.43. The Hall–Kier alpha value is -2.33. The highest BCUT2D eigenvalue weighted by atomic mass is 16.1. The number of rotatable bonds is 6. The van der Waals surface area contributed by atoms with Gasteiger partial charge in [0.15, 0.2) is 0 Å². The molecule has 2 rings (SSSR count). The lowest BCUT2D eigenvalue weighted by Crippen LogP contribution is -2.18. The molecule has 0 saturated heterocycles. The number of benzene rings is 2. The van der Waals surface area contributed by atoms with Crippen molar-refractivity contribution in [1.29, 1.82) is 0 Å². The zero-order valence-corrected chi connectivity index (χ0v) is 13.4. The number of nitrogens with two attached hydrogens (primary N) is 1. The van der Waals surface area contributed by atoms with Crippen molar-refractivity contribution < 1.29 is 4.79 Å². The van der Waals surface area contributed by atoms with E-state index < -0.39 is 0 Å². The summed E-state index contributed by atoms with van der Waals surface area (Å²) < 4.78 is 0. The van der Waals surface area contributed by atoms with Crippen LogP contribution in [-0.4, -0.2) is 32.0 Å². The van der Waals surface area contributed by atoms with Gasteiger partial charge < -0.3 is 10.6 Å². The van der Waals surface area contributed by atoms with Crippen molar-refractivity contribution in [3.05, 3.63) is 65.2 Å². The number of anilines is 1.